The van der Waals surface area contributed by atoms with Crippen molar-refractivity contribution in [1.82, 2.24) is 0 Å². The van der Waals surface area contributed by atoms with E-state index in [1.165, 1.54) is 12.1 Å². The van der Waals surface area contributed by atoms with Crippen LogP contribution in [-0.2, 0) is 0 Å². The van der Waals surface area contributed by atoms with Gasteiger partial charge >= 0.3 is 0 Å². The van der Waals surface area contributed by atoms with Crippen LogP contribution in [0.15, 0.2) is 29.4 Å². The summed E-state index contributed by atoms with van der Waals surface area (Å²) < 4.78 is 0. The van der Waals surface area contributed by atoms with Gasteiger partial charge in [-0.2, -0.15) is 5.10 Å². The average Bonchev–Trinajstić information content (AvgIpc) is 2.15. The van der Waals surface area contributed by atoms with Crippen molar-refractivity contribution in [3.05, 3.63) is 34.4 Å². The van der Waals surface area contributed by atoms with E-state index in [1.807, 2.05) is 0 Å². The number of benzene rings is 1. The normalized spacial score (nSPS) is 10.2. The van der Waals surface area contributed by atoms with Gasteiger partial charge in [-0.05, 0) is 19.1 Å². The molecule has 0 amide bonds. The molecule has 0 saturated heterocycles. The van der Waals surface area contributed by atoms with E-state index in [4.69, 9.17) is 0 Å². The Bertz CT molecular complexity index is 319. The van der Waals surface area contributed by atoms with Gasteiger partial charge in [0.25, 0.3) is 5.69 Å². The third kappa shape index (κ3) is 2.55. The molecule has 0 unspecified atom stereocenters. The molecule has 1 aromatic carbocycles. The van der Waals surface area contributed by atoms with E-state index in [-0.39, 0.29) is 5.69 Å². The number of nitro benzene ring substituents is 1. The van der Waals surface area contributed by atoms with Gasteiger partial charge in [0.15, 0.2) is 0 Å². The first-order valence-electron chi connectivity index (χ1n) is 3.72. The third-order valence-corrected chi connectivity index (χ3v) is 1.40. The number of nitro groups is 1. The summed E-state index contributed by atoms with van der Waals surface area (Å²) in [7, 11) is 0. The highest BCUT2D eigenvalue weighted by atomic mass is 16.6. The monoisotopic (exact) mass is 179 g/mol. The zero-order valence-corrected chi connectivity index (χ0v) is 7.10. The van der Waals surface area contributed by atoms with Crippen molar-refractivity contribution < 1.29 is 4.92 Å². The topological polar surface area (TPSA) is 67.5 Å². The van der Waals surface area contributed by atoms with E-state index >= 15 is 0 Å². The van der Waals surface area contributed by atoms with Gasteiger partial charge in [0.2, 0.25) is 0 Å². The maximum atomic E-state index is 10.3. The van der Waals surface area contributed by atoms with Crippen LogP contribution in [0.25, 0.3) is 0 Å². The fourth-order valence-corrected chi connectivity index (χ4v) is 0.797. The summed E-state index contributed by atoms with van der Waals surface area (Å²) in [6, 6.07) is 6.05. The van der Waals surface area contributed by atoms with Gasteiger partial charge in [0, 0.05) is 18.3 Å². The molecule has 1 rings (SSSR count). The largest absolute Gasteiger partial charge is 0.279 e. The summed E-state index contributed by atoms with van der Waals surface area (Å²) in [5, 5.41) is 14.1. The van der Waals surface area contributed by atoms with Crippen LogP contribution >= 0.6 is 0 Å². The molecule has 0 atom stereocenters. The van der Waals surface area contributed by atoms with Crippen molar-refractivity contribution in [3.63, 3.8) is 0 Å². The standard InChI is InChI=1S/C8H9N3O2/c1-2-9-10-7-3-5-8(6-4-7)11(12)13/h2-6,10H,1H3. The Morgan fingerprint density at radius 1 is 1.46 bits per heavy atom. The highest BCUT2D eigenvalue weighted by molar-refractivity contribution is 5.56. The molecule has 1 aromatic rings. The molecule has 0 spiro atoms. The van der Waals surface area contributed by atoms with E-state index in [9.17, 15) is 10.1 Å². The zero-order chi connectivity index (χ0) is 9.68. The Kier molecular flexibility index (Phi) is 2.97. The molecule has 0 saturated carbocycles. The van der Waals surface area contributed by atoms with Gasteiger partial charge < -0.3 is 0 Å². The molecule has 0 fully saturated rings. The van der Waals surface area contributed by atoms with Crippen molar-refractivity contribution in [2.75, 3.05) is 5.43 Å². The highest BCUT2D eigenvalue weighted by Gasteiger charge is 2.02. The van der Waals surface area contributed by atoms with E-state index in [2.05, 4.69) is 10.5 Å². The molecule has 0 aliphatic heterocycles. The highest BCUT2D eigenvalue weighted by Crippen LogP contribution is 2.14. The Morgan fingerprint density at radius 2 is 2.08 bits per heavy atom. The SMILES string of the molecule is CC=NNc1ccc([N+](=O)[O-])cc1. The Hall–Kier alpha value is -1.91. The second-order valence-electron chi connectivity index (χ2n) is 2.30. The van der Waals surface area contributed by atoms with Crippen molar-refractivity contribution in [2.45, 2.75) is 6.92 Å². The number of rotatable bonds is 3. The molecule has 0 heterocycles. The Morgan fingerprint density at radius 3 is 2.54 bits per heavy atom. The second kappa shape index (κ2) is 4.20. The first-order valence-corrected chi connectivity index (χ1v) is 3.72. The minimum Gasteiger partial charge on any atom is -0.279 e. The molecule has 0 radical (unpaired) electrons. The molecule has 0 aliphatic carbocycles. The Labute approximate surface area is 75.2 Å². The molecule has 13 heavy (non-hydrogen) atoms. The fraction of sp³-hybridized carbons (Fsp3) is 0.125. The number of non-ortho nitro benzene ring substituents is 1. The van der Waals surface area contributed by atoms with Crippen LogP contribution in [0.2, 0.25) is 0 Å². The molecule has 5 nitrogen and oxygen atoms in total. The first-order chi connectivity index (χ1) is 6.24. The molecule has 0 bridgehead atoms. The lowest BCUT2D eigenvalue weighted by atomic mass is 10.3. The fourth-order valence-electron chi connectivity index (χ4n) is 0.797. The van der Waals surface area contributed by atoms with Crippen LogP contribution in [-0.4, -0.2) is 11.1 Å². The number of hydrogen-bond acceptors (Lipinski definition) is 4. The molecule has 0 aliphatic rings. The lowest BCUT2D eigenvalue weighted by Gasteiger charge is -1.97. The number of hydrazone groups is 1. The average molecular weight is 179 g/mol. The van der Waals surface area contributed by atoms with Crippen LogP contribution < -0.4 is 5.43 Å². The minimum absolute atomic E-state index is 0.0750. The van der Waals surface area contributed by atoms with Crippen LogP contribution in [0.5, 0.6) is 0 Å². The predicted octanol–water partition coefficient (Wildman–Crippen LogP) is 2.01. The maximum Gasteiger partial charge on any atom is 0.269 e. The molecule has 0 aromatic heterocycles. The number of hydrogen-bond donors (Lipinski definition) is 1. The van der Waals surface area contributed by atoms with Gasteiger partial charge in [-0.3, -0.25) is 15.5 Å². The summed E-state index contributed by atoms with van der Waals surface area (Å²) in [5.41, 5.74) is 3.51. The van der Waals surface area contributed by atoms with Crippen molar-refractivity contribution in [2.24, 2.45) is 5.10 Å². The summed E-state index contributed by atoms with van der Waals surface area (Å²) in [6.07, 6.45) is 1.60. The summed E-state index contributed by atoms with van der Waals surface area (Å²) >= 11 is 0. The number of nitrogens with one attached hydrogen (secondary N) is 1. The van der Waals surface area contributed by atoms with Crippen LogP contribution in [0.3, 0.4) is 0 Å². The van der Waals surface area contributed by atoms with Crippen molar-refractivity contribution in [1.29, 1.82) is 0 Å². The van der Waals surface area contributed by atoms with Gasteiger partial charge in [0.05, 0.1) is 10.6 Å². The van der Waals surface area contributed by atoms with E-state index in [0.717, 1.165) is 5.69 Å². The third-order valence-electron chi connectivity index (χ3n) is 1.40. The van der Waals surface area contributed by atoms with Gasteiger partial charge in [0.1, 0.15) is 0 Å². The number of nitrogens with zero attached hydrogens (tertiary/aromatic N) is 2. The molecular weight excluding hydrogens is 170 g/mol. The molecule has 5 heteroatoms. The van der Waals surface area contributed by atoms with Crippen molar-refractivity contribution >= 4 is 17.6 Å². The Balaban J connectivity index is 2.75. The maximum absolute atomic E-state index is 10.3. The van der Waals surface area contributed by atoms with Crippen LogP contribution in [0, 0.1) is 10.1 Å². The van der Waals surface area contributed by atoms with Crippen LogP contribution in [0.4, 0.5) is 11.4 Å². The lowest BCUT2D eigenvalue weighted by Crippen LogP contribution is -1.90. The van der Waals surface area contributed by atoms with E-state index in [0.29, 0.717) is 0 Å². The lowest BCUT2D eigenvalue weighted by molar-refractivity contribution is -0.384. The van der Waals surface area contributed by atoms with Crippen LogP contribution in [0.1, 0.15) is 6.92 Å². The molecular formula is C8H9N3O2. The molecule has 1 N–H and O–H groups in total. The van der Waals surface area contributed by atoms with E-state index in [1.54, 1.807) is 25.3 Å². The van der Waals surface area contributed by atoms with Gasteiger partial charge in [-0.15, -0.1) is 0 Å². The zero-order valence-electron chi connectivity index (χ0n) is 7.10. The molecule has 68 valence electrons. The first kappa shape index (κ1) is 9.18. The van der Waals surface area contributed by atoms with Crippen molar-refractivity contribution in [3.8, 4) is 0 Å². The van der Waals surface area contributed by atoms with E-state index < -0.39 is 4.92 Å². The second-order valence-corrected chi connectivity index (χ2v) is 2.30. The summed E-state index contributed by atoms with van der Waals surface area (Å²) in [5.74, 6) is 0. The summed E-state index contributed by atoms with van der Waals surface area (Å²) in [6.45, 7) is 1.78. The van der Waals surface area contributed by atoms with Gasteiger partial charge in [-0.1, -0.05) is 0 Å². The smallest absolute Gasteiger partial charge is 0.269 e. The quantitative estimate of drug-likeness (QED) is 0.438. The van der Waals surface area contributed by atoms with Gasteiger partial charge in [-0.25, -0.2) is 0 Å². The predicted molar refractivity (Wildman–Crippen MR) is 50.9 cm³/mol. The summed E-state index contributed by atoms with van der Waals surface area (Å²) in [4.78, 5) is 9.84. The number of anilines is 1. The minimum atomic E-state index is -0.438.